The molecule has 1 heterocycles. The van der Waals surface area contributed by atoms with Crippen molar-refractivity contribution in [1.29, 1.82) is 0 Å². The van der Waals surface area contributed by atoms with Gasteiger partial charge in [0.2, 0.25) is 0 Å². The van der Waals surface area contributed by atoms with Gasteiger partial charge in [-0.2, -0.15) is 18.3 Å². The largest absolute Gasteiger partial charge is 0.461 e. The molecule has 1 rings (SSSR count). The van der Waals surface area contributed by atoms with Gasteiger partial charge in [0.05, 0.1) is 6.61 Å². The number of halogens is 3. The van der Waals surface area contributed by atoms with E-state index >= 15 is 0 Å². The van der Waals surface area contributed by atoms with Crippen LogP contribution in [0.2, 0.25) is 0 Å². The number of nitrogens with one attached hydrogen (secondary N) is 1. The Hall–Kier alpha value is -1.53. The van der Waals surface area contributed by atoms with Crippen molar-refractivity contribution in [3.63, 3.8) is 0 Å². The van der Waals surface area contributed by atoms with Crippen LogP contribution in [0.5, 0.6) is 0 Å². The topological polar surface area (TPSA) is 55.0 Å². The second-order valence-corrected chi connectivity index (χ2v) is 3.00. The van der Waals surface area contributed by atoms with Crippen molar-refractivity contribution in [2.75, 3.05) is 6.61 Å². The van der Waals surface area contributed by atoms with E-state index in [1.807, 2.05) is 5.10 Å². The van der Waals surface area contributed by atoms with Crippen LogP contribution in [0.25, 0.3) is 0 Å². The molecule has 0 fully saturated rings. The van der Waals surface area contributed by atoms with Crippen LogP contribution in [0.3, 0.4) is 0 Å². The summed E-state index contributed by atoms with van der Waals surface area (Å²) in [7, 11) is 0. The van der Waals surface area contributed by atoms with E-state index in [0.717, 1.165) is 0 Å². The summed E-state index contributed by atoms with van der Waals surface area (Å²) in [6.07, 6.45) is -4.48. The Morgan fingerprint density at radius 2 is 2.06 bits per heavy atom. The second-order valence-electron chi connectivity index (χ2n) is 3.00. The zero-order valence-corrected chi connectivity index (χ0v) is 8.81. The van der Waals surface area contributed by atoms with Crippen LogP contribution in [0.1, 0.15) is 35.6 Å². The Bertz CT molecular complexity index is 385. The number of H-pyrrole nitrogens is 1. The van der Waals surface area contributed by atoms with Crippen molar-refractivity contribution < 1.29 is 22.7 Å². The standard InChI is InChI=1S/C9H11F3N2O2/c1-3-5-6(8(15)16-4-2)13-14-7(5)9(10,11)12/h3-4H2,1-2H3,(H,13,14). The summed E-state index contributed by atoms with van der Waals surface area (Å²) in [5.41, 5.74) is -1.44. The molecule has 0 bridgehead atoms. The van der Waals surface area contributed by atoms with Crippen LogP contribution in [0.4, 0.5) is 13.2 Å². The van der Waals surface area contributed by atoms with E-state index in [1.54, 1.807) is 6.92 Å². The molecular weight excluding hydrogens is 225 g/mol. The van der Waals surface area contributed by atoms with Crippen LogP contribution in [-0.2, 0) is 17.3 Å². The van der Waals surface area contributed by atoms with Gasteiger partial charge in [-0.3, -0.25) is 5.10 Å². The molecule has 0 aliphatic rings. The SMILES string of the molecule is CCOC(=O)c1n[nH]c(C(F)(F)F)c1CC. The van der Waals surface area contributed by atoms with E-state index in [4.69, 9.17) is 0 Å². The number of nitrogens with zero attached hydrogens (tertiary/aromatic N) is 1. The Labute approximate surface area is 89.8 Å². The highest BCUT2D eigenvalue weighted by Gasteiger charge is 2.37. The van der Waals surface area contributed by atoms with Gasteiger partial charge in [-0.15, -0.1) is 0 Å². The van der Waals surface area contributed by atoms with Gasteiger partial charge < -0.3 is 4.74 Å². The molecule has 1 aromatic heterocycles. The predicted molar refractivity (Wildman–Crippen MR) is 48.9 cm³/mol. The number of aromatic amines is 1. The van der Waals surface area contributed by atoms with Crippen molar-refractivity contribution in [1.82, 2.24) is 10.2 Å². The summed E-state index contributed by atoms with van der Waals surface area (Å²) >= 11 is 0. The van der Waals surface area contributed by atoms with Crippen molar-refractivity contribution in [2.45, 2.75) is 26.4 Å². The first-order valence-corrected chi connectivity index (χ1v) is 4.73. The van der Waals surface area contributed by atoms with Crippen LogP contribution < -0.4 is 0 Å². The number of hydrogen-bond donors (Lipinski definition) is 1. The molecule has 0 radical (unpaired) electrons. The fourth-order valence-corrected chi connectivity index (χ4v) is 1.31. The van der Waals surface area contributed by atoms with Crippen LogP contribution in [0.15, 0.2) is 0 Å². The van der Waals surface area contributed by atoms with Gasteiger partial charge in [-0.1, -0.05) is 6.92 Å². The number of esters is 1. The van der Waals surface area contributed by atoms with Crippen molar-refractivity contribution >= 4 is 5.97 Å². The van der Waals surface area contributed by atoms with Crippen molar-refractivity contribution in [3.05, 3.63) is 17.0 Å². The lowest BCUT2D eigenvalue weighted by Crippen LogP contribution is -2.11. The highest BCUT2D eigenvalue weighted by Crippen LogP contribution is 2.31. The molecule has 0 amide bonds. The molecule has 1 N–H and O–H groups in total. The average Bonchev–Trinajstić information content (AvgIpc) is 2.60. The maximum Gasteiger partial charge on any atom is 0.433 e. The average molecular weight is 236 g/mol. The Morgan fingerprint density at radius 3 is 2.50 bits per heavy atom. The third-order valence-electron chi connectivity index (χ3n) is 1.97. The highest BCUT2D eigenvalue weighted by molar-refractivity contribution is 5.89. The Morgan fingerprint density at radius 1 is 1.44 bits per heavy atom. The first-order chi connectivity index (χ1) is 7.41. The lowest BCUT2D eigenvalue weighted by molar-refractivity contribution is -0.141. The lowest BCUT2D eigenvalue weighted by Gasteiger charge is -2.06. The molecule has 0 saturated carbocycles. The molecule has 0 aromatic carbocycles. The van der Waals surface area contributed by atoms with Gasteiger partial charge in [0.25, 0.3) is 0 Å². The number of aromatic nitrogens is 2. The fraction of sp³-hybridized carbons (Fsp3) is 0.556. The number of ether oxygens (including phenoxy) is 1. The molecule has 90 valence electrons. The molecule has 4 nitrogen and oxygen atoms in total. The summed E-state index contributed by atoms with van der Waals surface area (Å²) in [5.74, 6) is -0.842. The highest BCUT2D eigenvalue weighted by atomic mass is 19.4. The molecule has 0 saturated heterocycles. The van der Waals surface area contributed by atoms with Gasteiger partial charge in [0.15, 0.2) is 5.69 Å². The molecule has 0 unspecified atom stereocenters. The van der Waals surface area contributed by atoms with Gasteiger partial charge in [0, 0.05) is 5.56 Å². The maximum absolute atomic E-state index is 12.5. The minimum absolute atomic E-state index is 0.0551. The lowest BCUT2D eigenvalue weighted by atomic mass is 10.1. The van der Waals surface area contributed by atoms with E-state index in [0.29, 0.717) is 0 Å². The maximum atomic E-state index is 12.5. The molecule has 0 atom stereocenters. The Kier molecular flexibility index (Phi) is 3.56. The summed E-state index contributed by atoms with van der Waals surface area (Å²) < 4.78 is 42.0. The molecule has 7 heteroatoms. The van der Waals surface area contributed by atoms with E-state index in [9.17, 15) is 18.0 Å². The minimum Gasteiger partial charge on any atom is -0.461 e. The zero-order chi connectivity index (χ0) is 12.3. The van der Waals surface area contributed by atoms with Gasteiger partial charge in [0.1, 0.15) is 5.69 Å². The third kappa shape index (κ3) is 2.34. The van der Waals surface area contributed by atoms with E-state index in [1.165, 1.54) is 6.92 Å². The zero-order valence-electron chi connectivity index (χ0n) is 8.81. The smallest absolute Gasteiger partial charge is 0.433 e. The van der Waals surface area contributed by atoms with Gasteiger partial charge in [-0.25, -0.2) is 4.79 Å². The molecule has 0 aliphatic heterocycles. The number of carbonyl (C=O) groups excluding carboxylic acids is 1. The summed E-state index contributed by atoms with van der Waals surface area (Å²) in [6, 6.07) is 0. The van der Waals surface area contributed by atoms with E-state index < -0.39 is 17.8 Å². The first-order valence-electron chi connectivity index (χ1n) is 4.73. The minimum atomic E-state index is -4.54. The normalized spacial score (nSPS) is 11.6. The van der Waals surface area contributed by atoms with Crippen molar-refractivity contribution in [2.24, 2.45) is 0 Å². The summed E-state index contributed by atoms with van der Waals surface area (Å²) in [6.45, 7) is 3.18. The number of alkyl halides is 3. The van der Waals surface area contributed by atoms with Gasteiger partial charge in [-0.05, 0) is 13.3 Å². The predicted octanol–water partition coefficient (Wildman–Crippen LogP) is 2.17. The van der Waals surface area contributed by atoms with E-state index in [2.05, 4.69) is 9.84 Å². The number of carbonyl (C=O) groups is 1. The summed E-state index contributed by atoms with van der Waals surface area (Å²) in [4.78, 5) is 11.3. The number of hydrogen-bond acceptors (Lipinski definition) is 3. The molecular formula is C9H11F3N2O2. The second kappa shape index (κ2) is 4.54. The van der Waals surface area contributed by atoms with Crippen LogP contribution in [-0.4, -0.2) is 22.8 Å². The Balaban J connectivity index is 3.14. The monoisotopic (exact) mass is 236 g/mol. The number of rotatable bonds is 3. The summed E-state index contributed by atoms with van der Waals surface area (Å²) in [5, 5.41) is 5.18. The molecule has 0 spiro atoms. The van der Waals surface area contributed by atoms with Crippen LogP contribution >= 0.6 is 0 Å². The molecule has 0 aliphatic carbocycles. The van der Waals surface area contributed by atoms with Gasteiger partial charge >= 0.3 is 12.1 Å². The quantitative estimate of drug-likeness (QED) is 0.818. The van der Waals surface area contributed by atoms with Crippen LogP contribution in [0, 0.1) is 0 Å². The van der Waals surface area contributed by atoms with E-state index in [-0.39, 0.29) is 24.3 Å². The molecule has 16 heavy (non-hydrogen) atoms. The first kappa shape index (κ1) is 12.5. The third-order valence-corrected chi connectivity index (χ3v) is 1.97. The van der Waals surface area contributed by atoms with Crippen molar-refractivity contribution in [3.8, 4) is 0 Å². The molecule has 1 aromatic rings. The fourth-order valence-electron chi connectivity index (χ4n) is 1.31.